The van der Waals surface area contributed by atoms with Crippen molar-refractivity contribution in [1.29, 1.82) is 0 Å². The van der Waals surface area contributed by atoms with Gasteiger partial charge in [-0.05, 0) is 59.0 Å². The molecule has 1 unspecified atom stereocenters. The highest BCUT2D eigenvalue weighted by Crippen LogP contribution is 2.34. The van der Waals surface area contributed by atoms with E-state index in [0.29, 0.717) is 34.6 Å². The lowest BCUT2D eigenvalue weighted by molar-refractivity contribution is 0.306. The van der Waals surface area contributed by atoms with Crippen molar-refractivity contribution in [1.82, 2.24) is 19.3 Å². The predicted octanol–water partition coefficient (Wildman–Crippen LogP) is 6.78. The molecule has 0 radical (unpaired) electrons. The van der Waals surface area contributed by atoms with Crippen molar-refractivity contribution >= 4 is 43.9 Å². The van der Waals surface area contributed by atoms with Gasteiger partial charge in [0.05, 0.1) is 11.6 Å². The van der Waals surface area contributed by atoms with E-state index >= 15 is 0 Å². The number of hydrogen-bond acceptors (Lipinski definition) is 6. The first-order chi connectivity index (χ1) is 19.5. The minimum absolute atomic E-state index is 0.224. The molecule has 3 heterocycles. The lowest BCUT2D eigenvalue weighted by Gasteiger charge is -2.21. The third-order valence-electron chi connectivity index (χ3n) is 6.34. The maximum Gasteiger partial charge on any atom is 0.250 e. The molecular weight excluding hydrogens is 564 g/mol. The van der Waals surface area contributed by atoms with E-state index in [2.05, 4.69) is 14.7 Å². The molecule has 0 aliphatic carbocycles. The monoisotopic (exact) mass is 586 g/mol. The Morgan fingerprint density at radius 3 is 2.40 bits per heavy atom. The van der Waals surface area contributed by atoms with Gasteiger partial charge in [0.1, 0.15) is 16.6 Å². The Morgan fingerprint density at radius 1 is 0.900 bits per heavy atom. The van der Waals surface area contributed by atoms with E-state index in [-0.39, 0.29) is 4.21 Å². The molecule has 0 aliphatic rings. The normalized spacial score (nSPS) is 12.4. The van der Waals surface area contributed by atoms with Crippen LogP contribution in [0.15, 0.2) is 119 Å². The average Bonchev–Trinajstić information content (AvgIpc) is 3.66. The zero-order valence-electron chi connectivity index (χ0n) is 21.0. The minimum Gasteiger partial charge on any atom is -0.489 e. The molecule has 0 amide bonds. The molecule has 0 fully saturated rings. The number of sulfonamides is 1. The van der Waals surface area contributed by atoms with E-state index in [0.717, 1.165) is 27.8 Å². The molecule has 40 heavy (non-hydrogen) atoms. The third-order valence-corrected chi connectivity index (χ3v) is 9.41. The van der Waals surface area contributed by atoms with Crippen LogP contribution in [0.25, 0.3) is 16.9 Å². The van der Waals surface area contributed by atoms with Crippen molar-refractivity contribution in [3.63, 3.8) is 0 Å². The van der Waals surface area contributed by atoms with Crippen molar-refractivity contribution in [2.75, 3.05) is 0 Å². The Bertz CT molecular complexity index is 1840. The van der Waals surface area contributed by atoms with Crippen molar-refractivity contribution in [2.45, 2.75) is 16.9 Å². The van der Waals surface area contributed by atoms with E-state index in [1.807, 2.05) is 71.3 Å². The number of benzene rings is 3. The summed E-state index contributed by atoms with van der Waals surface area (Å²) in [6, 6.07) is 29.0. The molecule has 6 rings (SSSR count). The number of aromatic nitrogens is 3. The number of rotatable bonds is 9. The standard InChI is InChI=1S/C30H23ClN4O3S2/c31-24-12-9-22(10-13-24)29(34-40(36,37)28-8-4-17-39-28)27-18-23-11-14-25(38-20-21-6-2-1-3-7-21)19-26(23)35(27)30-32-15-5-16-33-30/h1-19,29,34H,20H2. The fourth-order valence-corrected chi connectivity index (χ4v) is 6.79. The predicted molar refractivity (Wildman–Crippen MR) is 158 cm³/mol. The molecule has 200 valence electrons. The summed E-state index contributed by atoms with van der Waals surface area (Å²) >= 11 is 7.34. The highest BCUT2D eigenvalue weighted by Gasteiger charge is 2.28. The van der Waals surface area contributed by atoms with Crippen LogP contribution in [-0.2, 0) is 16.6 Å². The van der Waals surface area contributed by atoms with Crippen molar-refractivity contribution < 1.29 is 13.2 Å². The van der Waals surface area contributed by atoms with Gasteiger partial charge in [-0.1, -0.05) is 60.1 Å². The van der Waals surface area contributed by atoms with Crippen molar-refractivity contribution in [3.05, 3.63) is 137 Å². The molecule has 0 saturated carbocycles. The van der Waals surface area contributed by atoms with E-state index in [4.69, 9.17) is 16.3 Å². The summed E-state index contributed by atoms with van der Waals surface area (Å²) in [5.74, 6) is 1.07. The van der Waals surface area contributed by atoms with Crippen molar-refractivity contribution in [3.8, 4) is 11.7 Å². The SMILES string of the molecule is O=S(=O)(NC(c1ccc(Cl)cc1)c1cc2ccc(OCc3ccccc3)cc2n1-c1ncccn1)c1cccs1. The molecule has 10 heteroatoms. The van der Waals surface area contributed by atoms with Crippen LogP contribution >= 0.6 is 22.9 Å². The number of ether oxygens (including phenoxy) is 1. The van der Waals surface area contributed by atoms with Gasteiger partial charge >= 0.3 is 0 Å². The molecule has 0 spiro atoms. The van der Waals surface area contributed by atoms with Gasteiger partial charge in [0.15, 0.2) is 0 Å². The lowest BCUT2D eigenvalue weighted by Crippen LogP contribution is -2.30. The molecule has 3 aromatic heterocycles. The van der Waals surface area contributed by atoms with Gasteiger partial charge in [0.25, 0.3) is 10.0 Å². The molecule has 3 aromatic carbocycles. The Balaban J connectivity index is 1.50. The topological polar surface area (TPSA) is 86.1 Å². The fraction of sp³-hybridized carbons (Fsp3) is 0.0667. The minimum atomic E-state index is -3.85. The highest BCUT2D eigenvalue weighted by molar-refractivity contribution is 7.91. The number of nitrogens with one attached hydrogen (secondary N) is 1. The number of nitrogens with zero attached hydrogens (tertiary/aromatic N) is 3. The molecule has 0 aliphatic heterocycles. The Labute approximate surface area is 240 Å². The van der Waals surface area contributed by atoms with Gasteiger partial charge in [-0.3, -0.25) is 4.57 Å². The van der Waals surface area contributed by atoms with Crippen molar-refractivity contribution in [2.24, 2.45) is 0 Å². The van der Waals surface area contributed by atoms with Gasteiger partial charge in [0, 0.05) is 34.6 Å². The van der Waals surface area contributed by atoms with Crippen LogP contribution in [0.4, 0.5) is 0 Å². The number of thiophene rings is 1. The van der Waals surface area contributed by atoms with Crippen LogP contribution in [0.3, 0.4) is 0 Å². The molecule has 7 nitrogen and oxygen atoms in total. The zero-order chi connectivity index (χ0) is 27.5. The summed E-state index contributed by atoms with van der Waals surface area (Å²) in [5.41, 5.74) is 3.19. The second-order valence-electron chi connectivity index (χ2n) is 8.99. The number of hydrogen-bond donors (Lipinski definition) is 1. The molecule has 6 aromatic rings. The largest absolute Gasteiger partial charge is 0.489 e. The van der Waals surface area contributed by atoms with Crippen LogP contribution in [0.5, 0.6) is 5.75 Å². The highest BCUT2D eigenvalue weighted by atomic mass is 35.5. The van der Waals surface area contributed by atoms with Crippen LogP contribution in [0, 0.1) is 0 Å². The Kier molecular flexibility index (Phi) is 7.36. The number of halogens is 1. The second-order valence-corrected chi connectivity index (χ2v) is 12.3. The first kappa shape index (κ1) is 26.2. The summed E-state index contributed by atoms with van der Waals surface area (Å²) in [7, 11) is -3.85. The lowest BCUT2D eigenvalue weighted by atomic mass is 10.0. The molecule has 1 N–H and O–H groups in total. The smallest absolute Gasteiger partial charge is 0.250 e. The number of fused-ring (bicyclic) bond motifs is 1. The Morgan fingerprint density at radius 2 is 1.68 bits per heavy atom. The van der Waals surface area contributed by atoms with E-state index < -0.39 is 16.1 Å². The molecule has 0 bridgehead atoms. The van der Waals surface area contributed by atoms with Crippen LogP contribution in [0.2, 0.25) is 5.02 Å². The van der Waals surface area contributed by atoms with E-state index in [1.165, 1.54) is 0 Å². The van der Waals surface area contributed by atoms with Gasteiger partial charge in [0.2, 0.25) is 5.95 Å². The van der Waals surface area contributed by atoms with Gasteiger partial charge in [-0.15, -0.1) is 11.3 Å². The summed E-state index contributed by atoms with van der Waals surface area (Å²) in [6.07, 6.45) is 3.31. The summed E-state index contributed by atoms with van der Waals surface area (Å²) in [4.78, 5) is 9.01. The quantitative estimate of drug-likeness (QED) is 0.202. The van der Waals surface area contributed by atoms with E-state index in [1.54, 1.807) is 48.1 Å². The zero-order valence-corrected chi connectivity index (χ0v) is 23.4. The molecule has 0 saturated heterocycles. The molecular formula is C30H23ClN4O3S2. The summed E-state index contributed by atoms with van der Waals surface area (Å²) in [6.45, 7) is 0.412. The summed E-state index contributed by atoms with van der Waals surface area (Å²) in [5, 5.41) is 3.16. The average molecular weight is 587 g/mol. The fourth-order valence-electron chi connectivity index (χ4n) is 4.46. The van der Waals surface area contributed by atoms with Crippen LogP contribution < -0.4 is 9.46 Å². The molecule has 1 atom stereocenters. The summed E-state index contributed by atoms with van der Waals surface area (Å²) < 4.78 is 38.0. The maximum atomic E-state index is 13.5. The third kappa shape index (κ3) is 5.50. The second kappa shape index (κ2) is 11.2. The Hall–Kier alpha value is -4.02. The van der Waals surface area contributed by atoms with Gasteiger partial charge in [-0.2, -0.15) is 4.72 Å². The first-order valence-electron chi connectivity index (χ1n) is 12.4. The maximum absolute atomic E-state index is 13.5. The van der Waals surface area contributed by atoms with Gasteiger partial charge < -0.3 is 4.74 Å². The van der Waals surface area contributed by atoms with Crippen LogP contribution in [0.1, 0.15) is 22.9 Å². The van der Waals surface area contributed by atoms with Gasteiger partial charge in [-0.25, -0.2) is 18.4 Å². The van der Waals surface area contributed by atoms with Crippen LogP contribution in [-0.4, -0.2) is 23.0 Å². The van der Waals surface area contributed by atoms with E-state index in [9.17, 15) is 8.42 Å². The first-order valence-corrected chi connectivity index (χ1v) is 15.1.